The lowest BCUT2D eigenvalue weighted by Gasteiger charge is -2.33. The number of cyclic esters (lactones) is 1. The van der Waals surface area contributed by atoms with Gasteiger partial charge in [-0.05, 0) is 57.7 Å². The fraction of sp³-hybridized carbons (Fsp3) is 0.625. The Morgan fingerprint density at radius 2 is 1.82 bits per heavy atom. The van der Waals surface area contributed by atoms with Crippen molar-refractivity contribution in [2.75, 3.05) is 13.2 Å². The van der Waals surface area contributed by atoms with Gasteiger partial charge >= 0.3 is 12.2 Å². The van der Waals surface area contributed by atoms with Crippen molar-refractivity contribution in [2.24, 2.45) is 0 Å². The molecule has 188 valence electrons. The first-order chi connectivity index (χ1) is 15.9. The maximum absolute atomic E-state index is 13.8. The van der Waals surface area contributed by atoms with Crippen molar-refractivity contribution in [3.05, 3.63) is 35.4 Å². The average molecular weight is 483 g/mol. The second-order valence-electron chi connectivity index (χ2n) is 9.72. The number of amides is 3. The minimum Gasteiger partial charge on any atom is -0.444 e. The first-order valence-corrected chi connectivity index (χ1v) is 11.5. The van der Waals surface area contributed by atoms with Gasteiger partial charge in [0.05, 0.1) is 24.7 Å². The van der Waals surface area contributed by atoms with E-state index in [2.05, 4.69) is 0 Å². The average Bonchev–Trinajstić information content (AvgIpc) is 3.25. The zero-order valence-electron chi connectivity index (χ0n) is 20.2. The maximum atomic E-state index is 13.8. The van der Waals surface area contributed by atoms with Crippen LogP contribution >= 0.6 is 0 Å². The van der Waals surface area contributed by atoms with Crippen LogP contribution in [0.2, 0.25) is 0 Å². The van der Waals surface area contributed by atoms with Gasteiger partial charge in [-0.15, -0.1) is 0 Å². The van der Waals surface area contributed by atoms with Crippen molar-refractivity contribution in [2.45, 2.75) is 83.8 Å². The molecule has 0 bridgehead atoms. The van der Waals surface area contributed by atoms with Gasteiger partial charge in [-0.1, -0.05) is 6.92 Å². The lowest BCUT2D eigenvalue weighted by Crippen LogP contribution is -2.51. The molecular formula is C24H32F2N2O6. The van der Waals surface area contributed by atoms with Crippen LogP contribution in [0.1, 0.15) is 53.0 Å². The van der Waals surface area contributed by atoms with Gasteiger partial charge in [0.25, 0.3) is 0 Å². The van der Waals surface area contributed by atoms with E-state index in [1.807, 2.05) is 6.92 Å². The number of rotatable bonds is 6. The number of imide groups is 1. The molecule has 34 heavy (non-hydrogen) atoms. The largest absolute Gasteiger partial charge is 0.444 e. The van der Waals surface area contributed by atoms with E-state index in [4.69, 9.17) is 14.2 Å². The molecule has 3 rings (SSSR count). The first-order valence-electron chi connectivity index (χ1n) is 11.5. The van der Waals surface area contributed by atoms with Crippen molar-refractivity contribution < 1.29 is 37.4 Å². The highest BCUT2D eigenvalue weighted by Gasteiger charge is 2.53. The van der Waals surface area contributed by atoms with Gasteiger partial charge in [-0.3, -0.25) is 9.69 Å². The van der Waals surface area contributed by atoms with E-state index in [0.717, 1.165) is 29.5 Å². The van der Waals surface area contributed by atoms with Gasteiger partial charge < -0.3 is 14.2 Å². The number of benzene rings is 1. The maximum Gasteiger partial charge on any atom is 0.417 e. The lowest BCUT2D eigenvalue weighted by atomic mass is 9.94. The summed E-state index contributed by atoms with van der Waals surface area (Å²) in [4.78, 5) is 40.4. The molecule has 2 aliphatic rings. The summed E-state index contributed by atoms with van der Waals surface area (Å²) >= 11 is 0. The molecule has 8 nitrogen and oxygen atoms in total. The highest BCUT2D eigenvalue weighted by molar-refractivity contribution is 5.92. The molecule has 0 saturated carbocycles. The van der Waals surface area contributed by atoms with E-state index in [1.54, 1.807) is 20.8 Å². The van der Waals surface area contributed by atoms with E-state index in [-0.39, 0.29) is 24.6 Å². The smallest absolute Gasteiger partial charge is 0.417 e. The van der Waals surface area contributed by atoms with Crippen LogP contribution in [0.15, 0.2) is 18.2 Å². The molecule has 2 fully saturated rings. The number of carbonyl (C=O) groups excluding carboxylic acids is 3. The Kier molecular flexibility index (Phi) is 7.80. The number of halogens is 2. The zero-order chi connectivity index (χ0) is 25.2. The van der Waals surface area contributed by atoms with Crippen LogP contribution in [-0.4, -0.2) is 70.9 Å². The van der Waals surface area contributed by atoms with Crippen molar-refractivity contribution in [1.29, 1.82) is 0 Å². The summed E-state index contributed by atoms with van der Waals surface area (Å²) in [6.45, 7) is 9.15. The normalized spacial score (nSPS) is 25.0. The fourth-order valence-corrected chi connectivity index (χ4v) is 4.48. The highest BCUT2D eigenvalue weighted by Crippen LogP contribution is 2.34. The molecule has 0 radical (unpaired) electrons. The number of likely N-dealkylation sites (tertiary alicyclic amines) is 1. The molecule has 0 spiro atoms. The topological polar surface area (TPSA) is 85.4 Å². The summed E-state index contributed by atoms with van der Waals surface area (Å²) < 4.78 is 44.7. The molecule has 1 aromatic carbocycles. The first kappa shape index (κ1) is 25.9. The molecule has 0 unspecified atom stereocenters. The quantitative estimate of drug-likeness (QED) is 0.608. The molecule has 10 heteroatoms. The molecule has 4 atom stereocenters. The Morgan fingerprint density at radius 3 is 2.38 bits per heavy atom. The third-order valence-corrected chi connectivity index (χ3v) is 5.72. The number of carbonyl (C=O) groups is 3. The van der Waals surface area contributed by atoms with Crippen LogP contribution in [0.4, 0.5) is 18.4 Å². The van der Waals surface area contributed by atoms with Gasteiger partial charge in [-0.2, -0.15) is 0 Å². The van der Waals surface area contributed by atoms with Crippen LogP contribution in [0.5, 0.6) is 0 Å². The summed E-state index contributed by atoms with van der Waals surface area (Å²) in [5.74, 6) is -2.10. The standard InChI is InChI=1S/C24H32F2N2O6/c1-6-7-32-18-12-19(27(13-18)22(30)34-24(3,4)5)21-20(28(14(2)29)23(31)33-21)10-15-8-16(25)11-17(26)9-15/h8-9,11,18-21H,6-7,10,12-13H2,1-5H3/t18-,19+,20+,21-/m1/s1. The highest BCUT2D eigenvalue weighted by atomic mass is 19.1. The zero-order valence-corrected chi connectivity index (χ0v) is 20.2. The molecule has 3 amide bonds. The summed E-state index contributed by atoms with van der Waals surface area (Å²) in [5.41, 5.74) is -0.488. The summed E-state index contributed by atoms with van der Waals surface area (Å²) in [6.07, 6.45) is -1.58. The summed E-state index contributed by atoms with van der Waals surface area (Å²) in [7, 11) is 0. The van der Waals surface area contributed by atoms with Crippen LogP contribution in [0, 0.1) is 11.6 Å². The van der Waals surface area contributed by atoms with E-state index in [0.29, 0.717) is 13.0 Å². The van der Waals surface area contributed by atoms with Gasteiger partial charge in [0.15, 0.2) is 0 Å². The predicted octanol–water partition coefficient (Wildman–Crippen LogP) is 4.05. The van der Waals surface area contributed by atoms with E-state index < -0.39 is 53.5 Å². The number of hydrogen-bond donors (Lipinski definition) is 0. The van der Waals surface area contributed by atoms with Crippen molar-refractivity contribution in [3.63, 3.8) is 0 Å². The van der Waals surface area contributed by atoms with Crippen LogP contribution in [0.25, 0.3) is 0 Å². The van der Waals surface area contributed by atoms with Crippen molar-refractivity contribution in [3.8, 4) is 0 Å². The van der Waals surface area contributed by atoms with E-state index >= 15 is 0 Å². The molecule has 2 saturated heterocycles. The molecule has 2 aliphatic heterocycles. The minimum absolute atomic E-state index is 0.0379. The van der Waals surface area contributed by atoms with Crippen LogP contribution < -0.4 is 0 Å². The second kappa shape index (κ2) is 10.2. The minimum atomic E-state index is -0.925. The van der Waals surface area contributed by atoms with Gasteiger partial charge in [0.2, 0.25) is 5.91 Å². The molecular weight excluding hydrogens is 450 g/mol. The monoisotopic (exact) mass is 482 g/mol. The van der Waals surface area contributed by atoms with Crippen LogP contribution in [0.3, 0.4) is 0 Å². The Hall–Kier alpha value is -2.75. The molecule has 0 aromatic heterocycles. The predicted molar refractivity (Wildman–Crippen MR) is 118 cm³/mol. The van der Waals surface area contributed by atoms with Gasteiger partial charge in [-0.25, -0.2) is 23.3 Å². The van der Waals surface area contributed by atoms with Crippen molar-refractivity contribution >= 4 is 18.1 Å². The van der Waals surface area contributed by atoms with Crippen molar-refractivity contribution in [1.82, 2.24) is 9.80 Å². The Morgan fingerprint density at radius 1 is 1.18 bits per heavy atom. The molecule has 1 aromatic rings. The second-order valence-corrected chi connectivity index (χ2v) is 9.72. The number of hydrogen-bond acceptors (Lipinski definition) is 6. The third kappa shape index (κ3) is 6.02. The fourth-order valence-electron chi connectivity index (χ4n) is 4.48. The number of ether oxygens (including phenoxy) is 3. The van der Waals surface area contributed by atoms with Gasteiger partial charge in [0.1, 0.15) is 23.3 Å². The molecule has 2 heterocycles. The molecule has 0 aliphatic carbocycles. The van der Waals surface area contributed by atoms with E-state index in [1.165, 1.54) is 11.8 Å². The van der Waals surface area contributed by atoms with E-state index in [9.17, 15) is 23.2 Å². The van der Waals surface area contributed by atoms with Crippen LogP contribution in [-0.2, 0) is 25.4 Å². The molecule has 0 N–H and O–H groups in total. The SMILES string of the molecule is CCCO[C@@H]1C[C@@H]([C@H]2OC(=O)N(C(C)=O)[C@H]2Cc2cc(F)cc(F)c2)N(C(=O)OC(C)(C)C)C1. The Balaban J connectivity index is 1.94. The number of nitrogens with zero attached hydrogens (tertiary/aromatic N) is 2. The third-order valence-electron chi connectivity index (χ3n) is 5.72. The Labute approximate surface area is 198 Å². The summed E-state index contributed by atoms with van der Waals surface area (Å²) in [5, 5.41) is 0. The Bertz CT molecular complexity index is 914. The lowest BCUT2D eigenvalue weighted by molar-refractivity contribution is -0.127. The summed E-state index contributed by atoms with van der Waals surface area (Å²) in [6, 6.07) is 1.53. The van der Waals surface area contributed by atoms with Gasteiger partial charge in [0, 0.05) is 19.6 Å².